The van der Waals surface area contributed by atoms with Crippen LogP contribution in [-0.4, -0.2) is 28.2 Å². The Hall–Kier alpha value is -2.96. The maximum absolute atomic E-state index is 12.6. The number of benzene rings is 1. The lowest BCUT2D eigenvalue weighted by Gasteiger charge is -2.13. The van der Waals surface area contributed by atoms with Crippen LogP contribution < -0.4 is 0 Å². The number of carbonyl (C=O) groups is 2. The monoisotopic (exact) mass is 404 g/mol. The Kier molecular flexibility index (Phi) is 4.22. The number of hydrogen-bond acceptors (Lipinski definition) is 4. The van der Waals surface area contributed by atoms with Crippen molar-refractivity contribution in [3.05, 3.63) is 82.0 Å². The van der Waals surface area contributed by atoms with Crippen molar-refractivity contribution in [3.63, 3.8) is 0 Å². The van der Waals surface area contributed by atoms with Gasteiger partial charge in [0.1, 0.15) is 0 Å². The Morgan fingerprint density at radius 1 is 0.821 bits per heavy atom. The highest BCUT2D eigenvalue weighted by atomic mass is 32.1. The van der Waals surface area contributed by atoms with Gasteiger partial charge in [-0.15, -0.1) is 22.7 Å². The fourth-order valence-corrected chi connectivity index (χ4v) is 5.03. The topological polar surface area (TPSA) is 53.2 Å². The van der Waals surface area contributed by atoms with Crippen LogP contribution in [0.3, 0.4) is 0 Å². The number of fused-ring (bicyclic) bond motifs is 1. The summed E-state index contributed by atoms with van der Waals surface area (Å²) in [4.78, 5) is 32.5. The molecule has 0 fully saturated rings. The number of amides is 2. The summed E-state index contributed by atoms with van der Waals surface area (Å²) in [5.74, 6) is -0.403. The van der Waals surface area contributed by atoms with Crippen LogP contribution >= 0.6 is 22.7 Å². The summed E-state index contributed by atoms with van der Waals surface area (Å²) in [5.41, 5.74) is 4.24. The lowest BCUT2D eigenvalue weighted by molar-refractivity contribution is 0.0656. The van der Waals surface area contributed by atoms with Gasteiger partial charge in [-0.2, -0.15) is 0 Å². The Labute approximate surface area is 170 Å². The summed E-state index contributed by atoms with van der Waals surface area (Å²) < 4.78 is 0. The summed E-state index contributed by atoms with van der Waals surface area (Å²) in [6, 6.07) is 17.4. The molecule has 1 aliphatic rings. The first-order valence-corrected chi connectivity index (χ1v) is 10.7. The molecule has 0 bridgehead atoms. The standard InChI is InChI=1S/C22H16N2O2S2/c25-21-15-5-1-2-6-16(15)22(26)24(21)10-9-14-13-17(18-7-3-11-27-18)23-20(14)19-8-4-12-28-19/h1-8,11-13,23H,9-10H2. The molecule has 0 spiro atoms. The Morgan fingerprint density at radius 3 is 2.07 bits per heavy atom. The highest BCUT2D eigenvalue weighted by Crippen LogP contribution is 2.34. The van der Waals surface area contributed by atoms with E-state index < -0.39 is 0 Å². The minimum Gasteiger partial charge on any atom is -0.353 e. The van der Waals surface area contributed by atoms with E-state index in [1.165, 1.54) is 9.78 Å². The van der Waals surface area contributed by atoms with Gasteiger partial charge in [0.05, 0.1) is 32.3 Å². The first-order chi connectivity index (χ1) is 13.7. The maximum atomic E-state index is 12.6. The summed E-state index contributed by atoms with van der Waals surface area (Å²) in [5, 5.41) is 4.11. The van der Waals surface area contributed by atoms with Crippen LogP contribution in [0.4, 0.5) is 0 Å². The number of aromatic nitrogens is 1. The third-order valence-corrected chi connectivity index (χ3v) is 6.73. The molecule has 1 N–H and O–H groups in total. The number of nitrogens with one attached hydrogen (secondary N) is 1. The van der Waals surface area contributed by atoms with Crippen molar-refractivity contribution in [1.82, 2.24) is 9.88 Å². The zero-order chi connectivity index (χ0) is 19.1. The molecule has 28 heavy (non-hydrogen) atoms. The Bertz CT molecular complexity index is 1120. The zero-order valence-corrected chi connectivity index (χ0v) is 16.5. The normalized spacial score (nSPS) is 13.4. The molecule has 4 nitrogen and oxygen atoms in total. The van der Waals surface area contributed by atoms with E-state index in [0.717, 1.165) is 21.8 Å². The summed E-state index contributed by atoms with van der Waals surface area (Å²) in [6.07, 6.45) is 0.612. The van der Waals surface area contributed by atoms with Gasteiger partial charge in [0, 0.05) is 6.54 Å². The van der Waals surface area contributed by atoms with E-state index in [2.05, 4.69) is 33.9 Å². The second-order valence-electron chi connectivity index (χ2n) is 6.60. The van der Waals surface area contributed by atoms with Gasteiger partial charge in [0.25, 0.3) is 11.8 Å². The maximum Gasteiger partial charge on any atom is 0.261 e. The van der Waals surface area contributed by atoms with Crippen molar-refractivity contribution in [2.75, 3.05) is 6.54 Å². The molecular formula is C22H16N2O2S2. The highest BCUT2D eigenvalue weighted by Gasteiger charge is 2.34. The summed E-state index contributed by atoms with van der Waals surface area (Å²) >= 11 is 3.36. The molecule has 5 rings (SSSR count). The Balaban J connectivity index is 1.44. The number of imide groups is 1. The van der Waals surface area contributed by atoms with Crippen LogP contribution in [0.5, 0.6) is 0 Å². The van der Waals surface area contributed by atoms with Crippen LogP contribution in [0.2, 0.25) is 0 Å². The van der Waals surface area contributed by atoms with Crippen LogP contribution in [0, 0.1) is 0 Å². The van der Waals surface area contributed by atoms with E-state index in [0.29, 0.717) is 24.1 Å². The molecular weight excluding hydrogens is 388 g/mol. The highest BCUT2D eigenvalue weighted by molar-refractivity contribution is 7.14. The van der Waals surface area contributed by atoms with Crippen molar-refractivity contribution in [1.29, 1.82) is 0 Å². The smallest absolute Gasteiger partial charge is 0.261 e. The second-order valence-corrected chi connectivity index (χ2v) is 8.49. The SMILES string of the molecule is O=C1c2ccccc2C(=O)N1CCc1cc(-c2cccs2)[nH]c1-c1cccs1. The Morgan fingerprint density at radius 2 is 1.46 bits per heavy atom. The van der Waals surface area contributed by atoms with Gasteiger partial charge in [0.2, 0.25) is 0 Å². The number of nitrogens with zero attached hydrogens (tertiary/aromatic N) is 1. The molecule has 1 aliphatic heterocycles. The predicted octanol–water partition coefficient (Wildman–Crippen LogP) is 5.31. The van der Waals surface area contributed by atoms with Gasteiger partial charge in [0.15, 0.2) is 0 Å². The summed E-state index contributed by atoms with van der Waals surface area (Å²) in [7, 11) is 0. The quantitative estimate of drug-likeness (QED) is 0.458. The van der Waals surface area contributed by atoms with Crippen molar-refractivity contribution in [2.45, 2.75) is 6.42 Å². The number of H-pyrrole nitrogens is 1. The molecule has 0 atom stereocenters. The first kappa shape index (κ1) is 17.2. The van der Waals surface area contributed by atoms with Crippen molar-refractivity contribution in [3.8, 4) is 21.1 Å². The lowest BCUT2D eigenvalue weighted by Crippen LogP contribution is -2.31. The van der Waals surface area contributed by atoms with Crippen LogP contribution in [0.25, 0.3) is 21.1 Å². The minimum atomic E-state index is -0.202. The molecule has 0 unspecified atom stereocenters. The zero-order valence-electron chi connectivity index (χ0n) is 14.8. The van der Waals surface area contributed by atoms with E-state index in [-0.39, 0.29) is 11.8 Å². The van der Waals surface area contributed by atoms with Crippen molar-refractivity contribution < 1.29 is 9.59 Å². The number of thiophene rings is 2. The fraction of sp³-hybridized carbons (Fsp3) is 0.0909. The largest absolute Gasteiger partial charge is 0.353 e. The number of rotatable bonds is 5. The number of carbonyl (C=O) groups excluding carboxylic acids is 2. The van der Waals surface area contributed by atoms with Crippen molar-refractivity contribution >= 4 is 34.5 Å². The van der Waals surface area contributed by atoms with E-state index in [4.69, 9.17) is 0 Å². The van der Waals surface area contributed by atoms with E-state index in [1.54, 1.807) is 46.9 Å². The van der Waals surface area contributed by atoms with Gasteiger partial charge in [-0.1, -0.05) is 24.3 Å². The molecule has 4 heterocycles. The molecule has 0 aliphatic carbocycles. The third-order valence-electron chi connectivity index (χ3n) is 4.94. The molecule has 138 valence electrons. The number of aromatic amines is 1. The molecule has 4 aromatic rings. The molecule has 2 amide bonds. The predicted molar refractivity (Wildman–Crippen MR) is 113 cm³/mol. The van der Waals surface area contributed by atoms with E-state index in [1.807, 2.05) is 12.1 Å². The first-order valence-electron chi connectivity index (χ1n) is 8.97. The van der Waals surface area contributed by atoms with Crippen LogP contribution in [0.15, 0.2) is 65.4 Å². The van der Waals surface area contributed by atoms with Crippen LogP contribution in [-0.2, 0) is 6.42 Å². The van der Waals surface area contributed by atoms with Crippen molar-refractivity contribution in [2.24, 2.45) is 0 Å². The molecule has 3 aromatic heterocycles. The second kappa shape index (κ2) is 6.89. The lowest BCUT2D eigenvalue weighted by atomic mass is 10.1. The fourth-order valence-electron chi connectivity index (χ4n) is 3.57. The molecule has 0 saturated heterocycles. The third kappa shape index (κ3) is 2.82. The molecule has 0 radical (unpaired) electrons. The van der Waals surface area contributed by atoms with Gasteiger partial charge in [-0.25, -0.2) is 0 Å². The average molecular weight is 405 g/mol. The minimum absolute atomic E-state index is 0.202. The molecule has 0 saturated carbocycles. The average Bonchev–Trinajstić information content (AvgIpc) is 3.50. The number of hydrogen-bond donors (Lipinski definition) is 1. The van der Waals surface area contributed by atoms with Crippen LogP contribution in [0.1, 0.15) is 26.3 Å². The van der Waals surface area contributed by atoms with Gasteiger partial charge >= 0.3 is 0 Å². The molecule has 6 heteroatoms. The molecule has 1 aromatic carbocycles. The summed E-state index contributed by atoms with van der Waals surface area (Å²) in [6.45, 7) is 0.368. The van der Waals surface area contributed by atoms with Gasteiger partial charge < -0.3 is 4.98 Å². The van der Waals surface area contributed by atoms with E-state index >= 15 is 0 Å². The van der Waals surface area contributed by atoms with Gasteiger partial charge in [-0.3, -0.25) is 14.5 Å². The van der Waals surface area contributed by atoms with Gasteiger partial charge in [-0.05, 0) is 53.1 Å². The van der Waals surface area contributed by atoms with E-state index in [9.17, 15) is 9.59 Å².